The van der Waals surface area contributed by atoms with Crippen molar-refractivity contribution in [3.8, 4) is 5.75 Å². The van der Waals surface area contributed by atoms with Crippen molar-refractivity contribution in [2.45, 2.75) is 27.0 Å². The summed E-state index contributed by atoms with van der Waals surface area (Å²) < 4.78 is 15.5. The summed E-state index contributed by atoms with van der Waals surface area (Å²) in [6.07, 6.45) is 0. The van der Waals surface area contributed by atoms with Gasteiger partial charge < -0.3 is 14.5 Å². The van der Waals surface area contributed by atoms with Crippen molar-refractivity contribution in [1.82, 2.24) is 9.78 Å². The number of anilines is 1. The van der Waals surface area contributed by atoms with Gasteiger partial charge in [0.15, 0.2) is 5.76 Å². The van der Waals surface area contributed by atoms with Crippen LogP contribution in [0.5, 0.6) is 5.75 Å². The van der Waals surface area contributed by atoms with Crippen LogP contribution >= 0.6 is 38.5 Å². The molecule has 0 aliphatic carbocycles. The Morgan fingerprint density at radius 1 is 1.16 bits per heavy atom. The van der Waals surface area contributed by atoms with E-state index in [-0.39, 0.29) is 18.3 Å². The molecule has 32 heavy (non-hydrogen) atoms. The molecule has 0 saturated heterocycles. The number of aromatic nitrogens is 2. The second-order valence-corrected chi connectivity index (χ2v) is 9.34. The number of hydrogen-bond donors (Lipinski definition) is 1. The van der Waals surface area contributed by atoms with Crippen LogP contribution in [-0.4, -0.2) is 15.7 Å². The maximum Gasteiger partial charge on any atom is 0.291 e. The Morgan fingerprint density at radius 2 is 1.94 bits per heavy atom. The number of benzene rings is 2. The monoisotopic (exact) mass is 605 g/mol. The van der Waals surface area contributed by atoms with Gasteiger partial charge in [0.2, 0.25) is 0 Å². The largest absolute Gasteiger partial charge is 0.486 e. The third-order valence-corrected chi connectivity index (χ3v) is 6.76. The van der Waals surface area contributed by atoms with Crippen molar-refractivity contribution in [2.24, 2.45) is 0 Å². The number of carbonyl (C=O) groups excluding carboxylic acids is 1. The fourth-order valence-electron chi connectivity index (χ4n) is 3.20. The molecule has 1 N–H and O–H groups in total. The van der Waals surface area contributed by atoms with Gasteiger partial charge in [0.1, 0.15) is 18.1 Å². The summed E-state index contributed by atoms with van der Waals surface area (Å²) in [5, 5.41) is 7.44. The number of ether oxygens (including phenoxy) is 1. The molecule has 0 spiro atoms. The van der Waals surface area contributed by atoms with Crippen LogP contribution in [0.4, 0.5) is 5.69 Å². The first-order chi connectivity index (χ1) is 15.4. The Morgan fingerprint density at radius 3 is 2.66 bits per heavy atom. The van der Waals surface area contributed by atoms with Gasteiger partial charge >= 0.3 is 0 Å². The van der Waals surface area contributed by atoms with Crippen LogP contribution in [0.3, 0.4) is 0 Å². The first-order valence-corrected chi connectivity index (χ1v) is 11.8. The zero-order chi connectivity index (χ0) is 22.7. The molecule has 0 aliphatic rings. The van der Waals surface area contributed by atoms with Crippen molar-refractivity contribution < 1.29 is 13.9 Å². The topological polar surface area (TPSA) is 69.3 Å². The van der Waals surface area contributed by atoms with Gasteiger partial charge in [0, 0.05) is 9.26 Å². The maximum atomic E-state index is 12.6. The molecular formula is C24H21BrIN3O3. The van der Waals surface area contributed by atoms with Gasteiger partial charge in [-0.05, 0) is 106 Å². The molecule has 0 atom stereocenters. The van der Waals surface area contributed by atoms with Crippen molar-refractivity contribution in [3.05, 3.63) is 97.2 Å². The van der Waals surface area contributed by atoms with Crippen LogP contribution in [-0.2, 0) is 13.2 Å². The van der Waals surface area contributed by atoms with E-state index in [1.54, 1.807) is 12.1 Å². The summed E-state index contributed by atoms with van der Waals surface area (Å²) in [7, 11) is 0. The molecule has 0 fully saturated rings. The molecule has 164 valence electrons. The molecule has 0 bridgehead atoms. The highest BCUT2D eigenvalue weighted by Gasteiger charge is 2.13. The predicted molar refractivity (Wildman–Crippen MR) is 135 cm³/mol. The Hall–Kier alpha value is -2.59. The number of furan rings is 1. The summed E-state index contributed by atoms with van der Waals surface area (Å²) in [6.45, 7) is 4.85. The number of amides is 1. The number of aryl methyl sites for hydroxylation is 1. The Labute approximate surface area is 208 Å². The highest BCUT2D eigenvalue weighted by Crippen LogP contribution is 2.22. The molecule has 4 aromatic rings. The van der Waals surface area contributed by atoms with Gasteiger partial charge in [-0.25, -0.2) is 0 Å². The molecule has 0 radical (unpaired) electrons. The van der Waals surface area contributed by atoms with Crippen LogP contribution in [0.2, 0.25) is 0 Å². The summed E-state index contributed by atoms with van der Waals surface area (Å²) in [4.78, 5) is 12.6. The van der Waals surface area contributed by atoms with Crippen LogP contribution < -0.4 is 10.1 Å². The van der Waals surface area contributed by atoms with E-state index in [0.29, 0.717) is 18.0 Å². The van der Waals surface area contributed by atoms with E-state index in [0.717, 1.165) is 30.7 Å². The lowest BCUT2D eigenvalue weighted by Gasteiger charge is -2.08. The lowest BCUT2D eigenvalue weighted by Crippen LogP contribution is -2.11. The summed E-state index contributed by atoms with van der Waals surface area (Å²) in [5.41, 5.74) is 3.74. The van der Waals surface area contributed by atoms with Crippen molar-refractivity contribution in [1.29, 1.82) is 0 Å². The molecule has 2 heterocycles. The Balaban J connectivity index is 1.38. The number of rotatable bonds is 7. The van der Waals surface area contributed by atoms with Crippen molar-refractivity contribution in [3.63, 3.8) is 0 Å². The molecule has 8 heteroatoms. The van der Waals surface area contributed by atoms with E-state index in [2.05, 4.69) is 48.9 Å². The van der Waals surface area contributed by atoms with Crippen LogP contribution in [0.15, 0.2) is 69.6 Å². The van der Waals surface area contributed by atoms with Gasteiger partial charge in [-0.3, -0.25) is 9.48 Å². The standard InChI is InChI=1S/C24H21BrIN3O3/c1-15-23(25)16(2)29(28-15)13-17-4-3-5-19(12-17)27-24(30)22-11-10-21(32-22)14-31-20-8-6-18(26)7-9-20/h3-12H,13-14H2,1-2H3,(H,27,30). The molecule has 6 nitrogen and oxygen atoms in total. The summed E-state index contributed by atoms with van der Waals surface area (Å²) in [6, 6.07) is 18.8. The zero-order valence-corrected chi connectivity index (χ0v) is 21.3. The van der Waals surface area contributed by atoms with Crippen molar-refractivity contribution in [2.75, 3.05) is 5.32 Å². The number of carbonyl (C=O) groups is 1. The van der Waals surface area contributed by atoms with Crippen LogP contribution in [0.1, 0.15) is 33.3 Å². The molecule has 4 rings (SSSR count). The Bertz CT molecular complexity index is 1250. The van der Waals surface area contributed by atoms with Gasteiger partial charge in [0.05, 0.1) is 22.4 Å². The lowest BCUT2D eigenvalue weighted by atomic mass is 10.2. The van der Waals surface area contributed by atoms with E-state index < -0.39 is 0 Å². The molecule has 2 aromatic heterocycles. The fraction of sp³-hybridized carbons (Fsp3) is 0.167. The predicted octanol–water partition coefficient (Wildman–Crippen LogP) is 6.34. The maximum absolute atomic E-state index is 12.6. The molecular weight excluding hydrogens is 585 g/mol. The molecule has 1 amide bonds. The summed E-state index contributed by atoms with van der Waals surface area (Å²) >= 11 is 5.80. The highest BCUT2D eigenvalue weighted by molar-refractivity contribution is 14.1. The van der Waals surface area contributed by atoms with E-state index in [1.807, 2.05) is 67.1 Å². The normalized spacial score (nSPS) is 10.9. The molecule has 0 unspecified atom stereocenters. The lowest BCUT2D eigenvalue weighted by molar-refractivity contribution is 0.0992. The first-order valence-electron chi connectivity index (χ1n) is 9.96. The van der Waals surface area contributed by atoms with Crippen molar-refractivity contribution >= 4 is 50.1 Å². The minimum absolute atomic E-state index is 0.235. The number of halogens is 2. The molecule has 0 saturated carbocycles. The first kappa shape index (κ1) is 22.6. The summed E-state index contributed by atoms with van der Waals surface area (Å²) in [5.74, 6) is 1.26. The van der Waals surface area contributed by atoms with E-state index in [4.69, 9.17) is 9.15 Å². The van der Waals surface area contributed by atoms with Gasteiger partial charge in [-0.15, -0.1) is 0 Å². The fourth-order valence-corrected chi connectivity index (χ4v) is 3.85. The second kappa shape index (κ2) is 9.91. The minimum Gasteiger partial charge on any atom is -0.486 e. The Kier molecular flexibility index (Phi) is 7.00. The quantitative estimate of drug-likeness (QED) is 0.250. The average Bonchev–Trinajstić information content (AvgIpc) is 3.35. The van der Waals surface area contributed by atoms with E-state index in [9.17, 15) is 4.79 Å². The molecule has 2 aromatic carbocycles. The van der Waals surface area contributed by atoms with Gasteiger partial charge in [-0.2, -0.15) is 5.10 Å². The highest BCUT2D eigenvalue weighted by atomic mass is 127. The third kappa shape index (κ3) is 5.42. The van der Waals surface area contributed by atoms with Gasteiger partial charge in [0.25, 0.3) is 5.91 Å². The van der Waals surface area contributed by atoms with Crippen LogP contribution in [0.25, 0.3) is 0 Å². The van der Waals surface area contributed by atoms with Gasteiger partial charge in [-0.1, -0.05) is 12.1 Å². The smallest absolute Gasteiger partial charge is 0.291 e. The van der Waals surface area contributed by atoms with Crippen LogP contribution in [0, 0.1) is 17.4 Å². The average molecular weight is 606 g/mol. The minimum atomic E-state index is -0.309. The van der Waals surface area contributed by atoms with E-state index >= 15 is 0 Å². The van der Waals surface area contributed by atoms with E-state index in [1.165, 1.54) is 0 Å². The number of nitrogens with one attached hydrogen (secondary N) is 1. The SMILES string of the molecule is Cc1nn(Cc2cccc(NC(=O)c3ccc(COc4ccc(I)cc4)o3)c2)c(C)c1Br. The third-order valence-electron chi connectivity index (χ3n) is 4.89. The number of hydrogen-bond acceptors (Lipinski definition) is 4. The zero-order valence-electron chi connectivity index (χ0n) is 17.6. The number of nitrogens with zero attached hydrogens (tertiary/aromatic N) is 2. The second-order valence-electron chi connectivity index (χ2n) is 7.31. The molecule has 0 aliphatic heterocycles.